The number of anilines is 3. The van der Waals surface area contributed by atoms with E-state index in [0.717, 1.165) is 5.69 Å². The number of hydrogen-bond donors (Lipinski definition) is 2. The molecule has 1 aromatic heterocycles. The number of rotatable bonds is 4. The van der Waals surface area contributed by atoms with E-state index in [0.29, 0.717) is 21.4 Å². The summed E-state index contributed by atoms with van der Waals surface area (Å²) in [7, 11) is 0. The van der Waals surface area contributed by atoms with Gasteiger partial charge in [-0.05, 0) is 36.4 Å². The summed E-state index contributed by atoms with van der Waals surface area (Å²) in [5, 5.41) is 6.97. The van der Waals surface area contributed by atoms with Gasteiger partial charge in [-0.2, -0.15) is 0 Å². The lowest BCUT2D eigenvalue weighted by Gasteiger charge is -2.10. The van der Waals surface area contributed by atoms with Crippen molar-refractivity contribution < 1.29 is 4.79 Å². The molecule has 0 fully saturated rings. The highest BCUT2D eigenvalue weighted by atomic mass is 35.5. The Balaban J connectivity index is 1.79. The summed E-state index contributed by atoms with van der Waals surface area (Å²) in [5.74, 6) is -0.342. The van der Waals surface area contributed by atoms with Gasteiger partial charge in [-0.15, -0.1) is 0 Å². The van der Waals surface area contributed by atoms with Crippen LogP contribution in [0.4, 0.5) is 17.1 Å². The molecule has 0 saturated carbocycles. The SMILES string of the molecule is O=C(Nc1ccccc1Cl)c1cc(Nc2ccccc2Cl)ccn1. The molecular weight excluding hydrogens is 345 g/mol. The molecule has 0 saturated heterocycles. The van der Waals surface area contributed by atoms with Gasteiger partial charge in [0.05, 0.1) is 21.4 Å². The number of halogens is 2. The number of benzene rings is 2. The lowest BCUT2D eigenvalue weighted by molar-refractivity contribution is 0.102. The Kier molecular flexibility index (Phi) is 4.99. The van der Waals surface area contributed by atoms with Crippen LogP contribution < -0.4 is 10.6 Å². The van der Waals surface area contributed by atoms with Gasteiger partial charge in [-0.1, -0.05) is 47.5 Å². The van der Waals surface area contributed by atoms with Crippen LogP contribution in [0.2, 0.25) is 10.0 Å². The van der Waals surface area contributed by atoms with E-state index < -0.39 is 0 Å². The van der Waals surface area contributed by atoms with Crippen molar-refractivity contribution in [2.45, 2.75) is 0 Å². The van der Waals surface area contributed by atoms with Gasteiger partial charge in [0, 0.05) is 11.9 Å². The Hall–Kier alpha value is -2.56. The first kappa shape index (κ1) is 16.3. The van der Waals surface area contributed by atoms with Gasteiger partial charge in [-0.3, -0.25) is 9.78 Å². The van der Waals surface area contributed by atoms with Crippen molar-refractivity contribution in [1.82, 2.24) is 4.98 Å². The molecule has 0 spiro atoms. The first-order valence-electron chi connectivity index (χ1n) is 7.17. The van der Waals surface area contributed by atoms with Crippen LogP contribution >= 0.6 is 23.2 Å². The standard InChI is InChI=1S/C18H13Cl2N3O/c19-13-5-1-3-7-15(13)22-12-9-10-21-17(11-12)18(24)23-16-8-4-2-6-14(16)20/h1-11H,(H,21,22)(H,23,24). The molecule has 0 atom stereocenters. The molecule has 3 aromatic rings. The topological polar surface area (TPSA) is 54.0 Å². The van der Waals surface area contributed by atoms with E-state index in [-0.39, 0.29) is 11.6 Å². The molecule has 1 heterocycles. The highest BCUT2D eigenvalue weighted by molar-refractivity contribution is 6.34. The maximum absolute atomic E-state index is 12.4. The van der Waals surface area contributed by atoms with E-state index in [4.69, 9.17) is 23.2 Å². The molecule has 2 N–H and O–H groups in total. The van der Waals surface area contributed by atoms with Crippen LogP contribution in [0.5, 0.6) is 0 Å². The second-order valence-corrected chi connectivity index (χ2v) is 5.78. The number of aromatic nitrogens is 1. The van der Waals surface area contributed by atoms with Crippen LogP contribution in [-0.4, -0.2) is 10.9 Å². The lowest BCUT2D eigenvalue weighted by Crippen LogP contribution is -2.14. The summed E-state index contributed by atoms with van der Waals surface area (Å²) in [6.07, 6.45) is 1.56. The minimum atomic E-state index is -0.342. The first-order valence-corrected chi connectivity index (χ1v) is 7.92. The molecule has 4 nitrogen and oxygen atoms in total. The number of hydrogen-bond acceptors (Lipinski definition) is 3. The Morgan fingerprint density at radius 3 is 2.17 bits per heavy atom. The summed E-state index contributed by atoms with van der Waals surface area (Å²) in [5.41, 5.74) is 2.27. The van der Waals surface area contributed by atoms with Gasteiger partial charge in [0.15, 0.2) is 0 Å². The van der Waals surface area contributed by atoms with E-state index in [1.165, 1.54) is 0 Å². The Labute approximate surface area is 149 Å². The van der Waals surface area contributed by atoms with Crippen LogP contribution in [-0.2, 0) is 0 Å². The van der Waals surface area contributed by atoms with Crippen molar-refractivity contribution in [2.24, 2.45) is 0 Å². The Morgan fingerprint density at radius 2 is 1.50 bits per heavy atom. The van der Waals surface area contributed by atoms with E-state index in [1.807, 2.05) is 18.2 Å². The zero-order valence-corrected chi connectivity index (χ0v) is 14.0. The maximum atomic E-state index is 12.4. The van der Waals surface area contributed by atoms with Crippen molar-refractivity contribution >= 4 is 46.2 Å². The normalized spacial score (nSPS) is 10.2. The summed E-state index contributed by atoms with van der Waals surface area (Å²) in [4.78, 5) is 16.5. The van der Waals surface area contributed by atoms with Crippen LogP contribution in [0.3, 0.4) is 0 Å². The highest BCUT2D eigenvalue weighted by Crippen LogP contribution is 2.25. The number of carbonyl (C=O) groups excluding carboxylic acids is 1. The number of carbonyl (C=O) groups is 1. The molecule has 3 rings (SSSR count). The average Bonchev–Trinajstić information content (AvgIpc) is 2.59. The molecular formula is C18H13Cl2N3O. The van der Waals surface area contributed by atoms with Crippen molar-refractivity contribution in [3.8, 4) is 0 Å². The van der Waals surface area contributed by atoms with Gasteiger partial charge < -0.3 is 10.6 Å². The minimum absolute atomic E-state index is 0.270. The summed E-state index contributed by atoms with van der Waals surface area (Å²) in [6, 6.07) is 17.8. The first-order chi connectivity index (χ1) is 11.6. The fourth-order valence-electron chi connectivity index (χ4n) is 2.10. The van der Waals surface area contributed by atoms with Crippen molar-refractivity contribution in [3.63, 3.8) is 0 Å². The number of para-hydroxylation sites is 2. The van der Waals surface area contributed by atoms with Gasteiger partial charge in [0.1, 0.15) is 5.69 Å². The van der Waals surface area contributed by atoms with Crippen LogP contribution in [0.1, 0.15) is 10.5 Å². The molecule has 0 unspecified atom stereocenters. The predicted molar refractivity (Wildman–Crippen MR) is 98.4 cm³/mol. The summed E-state index contributed by atoms with van der Waals surface area (Å²) >= 11 is 12.2. The van der Waals surface area contributed by atoms with Gasteiger partial charge in [0.2, 0.25) is 0 Å². The third kappa shape index (κ3) is 3.85. The number of nitrogens with one attached hydrogen (secondary N) is 2. The second kappa shape index (κ2) is 7.34. The molecule has 0 aliphatic rings. The summed E-state index contributed by atoms with van der Waals surface area (Å²) < 4.78 is 0. The molecule has 0 radical (unpaired) electrons. The third-order valence-corrected chi connectivity index (χ3v) is 3.93. The second-order valence-electron chi connectivity index (χ2n) is 4.97. The van der Waals surface area contributed by atoms with E-state index in [1.54, 1.807) is 48.7 Å². The minimum Gasteiger partial charge on any atom is -0.354 e. The number of amides is 1. The van der Waals surface area contributed by atoms with E-state index in [9.17, 15) is 4.79 Å². The molecule has 6 heteroatoms. The largest absolute Gasteiger partial charge is 0.354 e. The fourth-order valence-corrected chi connectivity index (χ4v) is 2.47. The maximum Gasteiger partial charge on any atom is 0.274 e. The molecule has 0 bridgehead atoms. The van der Waals surface area contributed by atoms with Gasteiger partial charge in [-0.25, -0.2) is 0 Å². The summed E-state index contributed by atoms with van der Waals surface area (Å²) in [6.45, 7) is 0. The number of pyridine rings is 1. The molecule has 1 amide bonds. The van der Waals surface area contributed by atoms with Crippen molar-refractivity contribution in [1.29, 1.82) is 0 Å². The smallest absolute Gasteiger partial charge is 0.274 e. The lowest BCUT2D eigenvalue weighted by atomic mass is 10.2. The van der Waals surface area contributed by atoms with Gasteiger partial charge in [0.25, 0.3) is 5.91 Å². The molecule has 0 aliphatic heterocycles. The fraction of sp³-hybridized carbons (Fsp3) is 0. The zero-order valence-electron chi connectivity index (χ0n) is 12.5. The molecule has 24 heavy (non-hydrogen) atoms. The number of nitrogens with zero attached hydrogens (tertiary/aromatic N) is 1. The molecule has 0 aliphatic carbocycles. The Bertz CT molecular complexity index is 883. The van der Waals surface area contributed by atoms with Gasteiger partial charge >= 0.3 is 0 Å². The van der Waals surface area contributed by atoms with Crippen molar-refractivity contribution in [2.75, 3.05) is 10.6 Å². The highest BCUT2D eigenvalue weighted by Gasteiger charge is 2.10. The van der Waals surface area contributed by atoms with E-state index >= 15 is 0 Å². The molecule has 120 valence electrons. The quantitative estimate of drug-likeness (QED) is 0.658. The molecule has 2 aromatic carbocycles. The monoisotopic (exact) mass is 357 g/mol. The van der Waals surface area contributed by atoms with Crippen LogP contribution in [0.25, 0.3) is 0 Å². The van der Waals surface area contributed by atoms with Crippen molar-refractivity contribution in [3.05, 3.63) is 82.6 Å². The van der Waals surface area contributed by atoms with E-state index in [2.05, 4.69) is 15.6 Å². The van der Waals surface area contributed by atoms with Crippen LogP contribution in [0, 0.1) is 0 Å². The predicted octanol–water partition coefficient (Wildman–Crippen LogP) is 5.38. The third-order valence-electron chi connectivity index (χ3n) is 3.27. The Morgan fingerprint density at radius 1 is 0.875 bits per heavy atom. The average molecular weight is 358 g/mol. The van der Waals surface area contributed by atoms with Crippen LogP contribution in [0.15, 0.2) is 66.9 Å². The zero-order chi connectivity index (χ0) is 16.9.